The van der Waals surface area contributed by atoms with Crippen molar-refractivity contribution in [2.45, 2.75) is 32.2 Å². The Kier molecular flexibility index (Phi) is 5.57. The van der Waals surface area contributed by atoms with E-state index in [1.54, 1.807) is 0 Å². The molecule has 0 saturated heterocycles. The van der Waals surface area contributed by atoms with Crippen molar-refractivity contribution in [1.29, 1.82) is 0 Å². The minimum absolute atomic E-state index is 0.218. The molecule has 0 aliphatic carbocycles. The maximum atomic E-state index is 11.4. The van der Waals surface area contributed by atoms with Crippen molar-refractivity contribution in [3.8, 4) is 0 Å². The molecule has 0 fully saturated rings. The van der Waals surface area contributed by atoms with Gasteiger partial charge in [0.05, 0.1) is 13.0 Å². The molecule has 88 valence electrons. The minimum atomic E-state index is -0.268. The number of unbranched alkanes of at least 4 members (excludes halogenated alkanes) is 1. The maximum Gasteiger partial charge on any atom is 0.307 e. The number of hydrogen-bond donors (Lipinski definition) is 1. The third-order valence-electron chi connectivity index (χ3n) is 2.38. The van der Waals surface area contributed by atoms with Gasteiger partial charge in [0.2, 0.25) is 0 Å². The van der Waals surface area contributed by atoms with Crippen LogP contribution in [-0.4, -0.2) is 12.6 Å². The summed E-state index contributed by atoms with van der Waals surface area (Å²) in [7, 11) is 0. The van der Waals surface area contributed by atoms with Gasteiger partial charge in [0.25, 0.3) is 0 Å². The summed E-state index contributed by atoms with van der Waals surface area (Å²) in [4.78, 5) is 11.4. The van der Waals surface area contributed by atoms with Crippen molar-refractivity contribution in [1.82, 2.24) is 0 Å². The van der Waals surface area contributed by atoms with Crippen LogP contribution >= 0.6 is 0 Å². The number of nitrogens with two attached hydrogens (primary N) is 1. The molecule has 0 bridgehead atoms. The molecule has 0 unspecified atom stereocenters. The van der Waals surface area contributed by atoms with Crippen molar-refractivity contribution in [2.24, 2.45) is 5.73 Å². The molecule has 0 aliphatic heterocycles. The molecular weight excluding hydrogens is 202 g/mol. The molecule has 16 heavy (non-hydrogen) atoms. The second-order valence-electron chi connectivity index (χ2n) is 3.80. The van der Waals surface area contributed by atoms with E-state index in [1.807, 2.05) is 30.3 Å². The Bertz CT molecular complexity index is 311. The van der Waals surface area contributed by atoms with Crippen LogP contribution in [0.1, 0.15) is 37.8 Å². The van der Waals surface area contributed by atoms with Gasteiger partial charge in [0, 0.05) is 6.04 Å². The molecule has 1 aromatic carbocycles. The van der Waals surface area contributed by atoms with E-state index in [-0.39, 0.29) is 18.4 Å². The molecule has 1 atom stereocenters. The van der Waals surface area contributed by atoms with Gasteiger partial charge in [-0.2, -0.15) is 0 Å². The van der Waals surface area contributed by atoms with Gasteiger partial charge in [-0.05, 0) is 12.0 Å². The van der Waals surface area contributed by atoms with Gasteiger partial charge in [-0.1, -0.05) is 43.7 Å². The zero-order valence-corrected chi connectivity index (χ0v) is 9.69. The van der Waals surface area contributed by atoms with E-state index >= 15 is 0 Å². The molecule has 1 rings (SSSR count). The monoisotopic (exact) mass is 221 g/mol. The lowest BCUT2D eigenvalue weighted by Gasteiger charge is -2.11. The van der Waals surface area contributed by atoms with Crippen molar-refractivity contribution >= 4 is 5.97 Å². The number of esters is 1. The van der Waals surface area contributed by atoms with Crippen LogP contribution in [0.2, 0.25) is 0 Å². The van der Waals surface area contributed by atoms with Gasteiger partial charge in [0.1, 0.15) is 0 Å². The predicted octanol–water partition coefficient (Wildman–Crippen LogP) is 2.42. The molecular formula is C13H19NO2. The predicted molar refractivity (Wildman–Crippen MR) is 63.9 cm³/mol. The molecule has 0 heterocycles. The van der Waals surface area contributed by atoms with E-state index in [1.165, 1.54) is 0 Å². The lowest BCUT2D eigenvalue weighted by atomic mass is 10.1. The van der Waals surface area contributed by atoms with E-state index < -0.39 is 0 Å². The summed E-state index contributed by atoms with van der Waals surface area (Å²) in [6.07, 6.45) is 2.18. The second kappa shape index (κ2) is 7.01. The first-order chi connectivity index (χ1) is 7.74. The fraction of sp³-hybridized carbons (Fsp3) is 0.462. The Balaban J connectivity index is 2.34. The molecule has 2 N–H and O–H groups in total. The summed E-state index contributed by atoms with van der Waals surface area (Å²) >= 11 is 0. The van der Waals surface area contributed by atoms with Crippen LogP contribution in [0.3, 0.4) is 0 Å². The molecule has 0 saturated carbocycles. The number of rotatable bonds is 6. The molecule has 0 aliphatic rings. The summed E-state index contributed by atoms with van der Waals surface area (Å²) < 4.78 is 5.06. The molecule has 0 radical (unpaired) electrons. The first kappa shape index (κ1) is 12.7. The summed E-state index contributed by atoms with van der Waals surface area (Å²) in [5.74, 6) is -0.218. The van der Waals surface area contributed by atoms with Gasteiger partial charge in [0.15, 0.2) is 0 Å². The van der Waals surface area contributed by atoms with E-state index in [9.17, 15) is 4.79 Å². The van der Waals surface area contributed by atoms with Crippen LogP contribution in [0.5, 0.6) is 0 Å². The van der Waals surface area contributed by atoms with Crippen LogP contribution < -0.4 is 5.73 Å². The maximum absolute atomic E-state index is 11.4. The highest BCUT2D eigenvalue weighted by Crippen LogP contribution is 2.13. The Morgan fingerprint density at radius 1 is 1.38 bits per heavy atom. The van der Waals surface area contributed by atoms with Crippen LogP contribution in [0, 0.1) is 0 Å². The number of carbonyl (C=O) groups excluding carboxylic acids is 1. The lowest BCUT2D eigenvalue weighted by molar-refractivity contribution is -0.144. The van der Waals surface area contributed by atoms with E-state index in [4.69, 9.17) is 10.5 Å². The minimum Gasteiger partial charge on any atom is -0.466 e. The smallest absolute Gasteiger partial charge is 0.307 e. The van der Waals surface area contributed by atoms with Gasteiger partial charge in [-0.3, -0.25) is 4.79 Å². The SMILES string of the molecule is CCCCOC(=O)C[C@H](N)c1ccccc1. The molecule has 0 amide bonds. The van der Waals surface area contributed by atoms with Gasteiger partial charge < -0.3 is 10.5 Å². The second-order valence-corrected chi connectivity index (χ2v) is 3.80. The zero-order valence-electron chi connectivity index (χ0n) is 9.69. The van der Waals surface area contributed by atoms with Gasteiger partial charge >= 0.3 is 5.97 Å². The van der Waals surface area contributed by atoms with Crippen molar-refractivity contribution in [3.63, 3.8) is 0 Å². The largest absolute Gasteiger partial charge is 0.466 e. The van der Waals surface area contributed by atoms with Gasteiger partial charge in [-0.25, -0.2) is 0 Å². The quantitative estimate of drug-likeness (QED) is 0.593. The lowest BCUT2D eigenvalue weighted by Crippen LogP contribution is -2.17. The topological polar surface area (TPSA) is 52.3 Å². The van der Waals surface area contributed by atoms with E-state index in [0.29, 0.717) is 6.61 Å². The zero-order chi connectivity index (χ0) is 11.8. The highest BCUT2D eigenvalue weighted by molar-refractivity contribution is 5.70. The first-order valence-electron chi connectivity index (χ1n) is 5.70. The van der Waals surface area contributed by atoms with Crippen LogP contribution in [0.4, 0.5) is 0 Å². The van der Waals surface area contributed by atoms with E-state index in [0.717, 1.165) is 18.4 Å². The summed E-state index contributed by atoms with van der Waals surface area (Å²) in [5.41, 5.74) is 6.87. The first-order valence-corrected chi connectivity index (χ1v) is 5.70. The van der Waals surface area contributed by atoms with Gasteiger partial charge in [-0.15, -0.1) is 0 Å². The highest BCUT2D eigenvalue weighted by atomic mass is 16.5. The summed E-state index contributed by atoms with van der Waals surface area (Å²) in [6, 6.07) is 9.33. The summed E-state index contributed by atoms with van der Waals surface area (Å²) in [6.45, 7) is 2.56. The number of benzene rings is 1. The van der Waals surface area contributed by atoms with Crippen molar-refractivity contribution in [3.05, 3.63) is 35.9 Å². The average Bonchev–Trinajstić information content (AvgIpc) is 2.30. The number of carbonyl (C=O) groups is 1. The molecule has 0 spiro atoms. The Hall–Kier alpha value is -1.35. The molecule has 3 nitrogen and oxygen atoms in total. The molecule has 3 heteroatoms. The van der Waals surface area contributed by atoms with Crippen LogP contribution in [0.25, 0.3) is 0 Å². The summed E-state index contributed by atoms with van der Waals surface area (Å²) in [5, 5.41) is 0. The van der Waals surface area contributed by atoms with Crippen LogP contribution in [0.15, 0.2) is 30.3 Å². The van der Waals surface area contributed by atoms with E-state index in [2.05, 4.69) is 6.92 Å². The standard InChI is InChI=1S/C13H19NO2/c1-2-3-9-16-13(15)10-12(14)11-7-5-4-6-8-11/h4-8,12H,2-3,9-10,14H2,1H3/t12-/m0/s1. The Labute approximate surface area is 96.6 Å². The molecule has 1 aromatic rings. The molecule has 0 aromatic heterocycles. The number of ether oxygens (including phenoxy) is 1. The third-order valence-corrected chi connectivity index (χ3v) is 2.38. The highest BCUT2D eigenvalue weighted by Gasteiger charge is 2.11. The fourth-order valence-corrected chi connectivity index (χ4v) is 1.39. The van der Waals surface area contributed by atoms with Crippen LogP contribution in [-0.2, 0) is 9.53 Å². The normalized spacial score (nSPS) is 12.1. The average molecular weight is 221 g/mol. The Morgan fingerprint density at radius 2 is 2.06 bits per heavy atom. The number of hydrogen-bond acceptors (Lipinski definition) is 3. The van der Waals surface area contributed by atoms with Crippen molar-refractivity contribution < 1.29 is 9.53 Å². The fourth-order valence-electron chi connectivity index (χ4n) is 1.39. The Morgan fingerprint density at radius 3 is 2.69 bits per heavy atom. The third kappa shape index (κ3) is 4.45. The van der Waals surface area contributed by atoms with Crippen molar-refractivity contribution in [2.75, 3.05) is 6.61 Å².